The molecule has 1 saturated carbocycles. The van der Waals surface area contributed by atoms with Crippen LogP contribution in [-0.4, -0.2) is 16.8 Å². The smallest absolute Gasteiger partial charge is 0.303 e. The van der Waals surface area contributed by atoms with Gasteiger partial charge in [0.25, 0.3) is 0 Å². The number of halogens is 1. The Morgan fingerprint density at radius 1 is 1.56 bits per heavy atom. The van der Waals surface area contributed by atoms with Gasteiger partial charge in [-0.3, -0.25) is 4.79 Å². The van der Waals surface area contributed by atoms with Crippen LogP contribution in [0.25, 0.3) is 0 Å². The molecule has 2 rings (SSSR count). The van der Waals surface area contributed by atoms with Gasteiger partial charge in [0, 0.05) is 15.1 Å². The van der Waals surface area contributed by atoms with Crippen LogP contribution in [0.5, 0.6) is 0 Å². The highest BCUT2D eigenvalue weighted by molar-refractivity contribution is 9.10. The Hall–Kier alpha value is -0.990. The van der Waals surface area contributed by atoms with E-state index < -0.39 is 5.97 Å². The second-order valence-corrected chi connectivity index (χ2v) is 6.54. The number of carbonyl (C=O) groups is 1. The Balaban J connectivity index is 2.05. The van der Waals surface area contributed by atoms with E-state index in [0.717, 1.165) is 28.0 Å². The van der Waals surface area contributed by atoms with E-state index >= 15 is 0 Å². The molecule has 1 aromatic carbocycles. The van der Waals surface area contributed by atoms with Crippen LogP contribution >= 0.6 is 27.7 Å². The van der Waals surface area contributed by atoms with Crippen LogP contribution in [0.4, 0.5) is 0 Å². The number of aliphatic carboxylic acids is 1. The number of rotatable bonds is 5. The van der Waals surface area contributed by atoms with Gasteiger partial charge in [-0.2, -0.15) is 5.26 Å². The Bertz CT molecular complexity index is 520. The number of carboxylic acid groups (broad SMARTS) is 1. The summed E-state index contributed by atoms with van der Waals surface area (Å²) in [6, 6.07) is 7.70. The third-order valence-electron chi connectivity index (χ3n) is 3.08. The Labute approximate surface area is 118 Å². The van der Waals surface area contributed by atoms with Crippen LogP contribution in [0.1, 0.15) is 24.8 Å². The molecular formula is C13H12BrNO2S. The average molecular weight is 326 g/mol. The van der Waals surface area contributed by atoms with Crippen molar-refractivity contribution in [2.45, 2.75) is 24.2 Å². The molecule has 0 atom stereocenters. The molecule has 0 saturated heterocycles. The maximum Gasteiger partial charge on any atom is 0.303 e. The van der Waals surface area contributed by atoms with Crippen LogP contribution in [0.2, 0.25) is 0 Å². The molecule has 0 spiro atoms. The molecule has 1 fully saturated rings. The highest BCUT2D eigenvalue weighted by Gasteiger charge is 2.44. The molecule has 0 aliphatic heterocycles. The van der Waals surface area contributed by atoms with E-state index in [9.17, 15) is 4.79 Å². The summed E-state index contributed by atoms with van der Waals surface area (Å²) in [7, 11) is 0. The molecule has 0 radical (unpaired) electrons. The summed E-state index contributed by atoms with van der Waals surface area (Å²) in [4.78, 5) is 11.7. The van der Waals surface area contributed by atoms with E-state index in [-0.39, 0.29) is 11.8 Å². The number of thioether (sulfide) groups is 1. The fourth-order valence-corrected chi connectivity index (χ4v) is 3.65. The van der Waals surface area contributed by atoms with Crippen molar-refractivity contribution in [2.24, 2.45) is 5.41 Å². The molecule has 94 valence electrons. The standard InChI is InChI=1S/C13H12BrNO2S/c14-10-2-1-9(7-15)11(5-10)18-8-13(3-4-13)6-12(16)17/h1-2,5H,3-4,6,8H2,(H,16,17). The van der Waals surface area contributed by atoms with E-state index in [1.165, 1.54) is 0 Å². The lowest BCUT2D eigenvalue weighted by atomic mass is 10.1. The van der Waals surface area contributed by atoms with Gasteiger partial charge in [-0.25, -0.2) is 0 Å². The van der Waals surface area contributed by atoms with E-state index in [1.54, 1.807) is 17.8 Å². The summed E-state index contributed by atoms with van der Waals surface area (Å²) >= 11 is 4.97. The summed E-state index contributed by atoms with van der Waals surface area (Å²) in [5, 5.41) is 17.9. The summed E-state index contributed by atoms with van der Waals surface area (Å²) in [5.74, 6) is 0.0348. The van der Waals surface area contributed by atoms with Gasteiger partial charge in [0.05, 0.1) is 12.0 Å². The molecule has 1 N–H and O–H groups in total. The van der Waals surface area contributed by atoms with Gasteiger partial charge in [-0.05, 0) is 36.5 Å². The van der Waals surface area contributed by atoms with Crippen molar-refractivity contribution in [1.82, 2.24) is 0 Å². The van der Waals surface area contributed by atoms with E-state index in [2.05, 4.69) is 22.0 Å². The quantitative estimate of drug-likeness (QED) is 0.839. The number of carboxylic acids is 1. The number of nitriles is 1. The van der Waals surface area contributed by atoms with E-state index in [4.69, 9.17) is 10.4 Å². The Morgan fingerprint density at radius 3 is 2.83 bits per heavy atom. The van der Waals surface area contributed by atoms with Gasteiger partial charge in [0.15, 0.2) is 0 Å². The third kappa shape index (κ3) is 3.27. The van der Waals surface area contributed by atoms with Gasteiger partial charge in [0.2, 0.25) is 0 Å². The molecule has 0 amide bonds. The topological polar surface area (TPSA) is 61.1 Å². The van der Waals surface area contributed by atoms with Crippen LogP contribution in [-0.2, 0) is 4.79 Å². The van der Waals surface area contributed by atoms with Crippen molar-refractivity contribution in [3.63, 3.8) is 0 Å². The number of hydrogen-bond acceptors (Lipinski definition) is 3. The first-order valence-corrected chi connectivity index (χ1v) is 7.37. The molecule has 0 aromatic heterocycles. The summed E-state index contributed by atoms with van der Waals surface area (Å²) in [6.07, 6.45) is 2.18. The van der Waals surface area contributed by atoms with Gasteiger partial charge in [-0.15, -0.1) is 11.8 Å². The van der Waals surface area contributed by atoms with Crippen molar-refractivity contribution in [2.75, 3.05) is 5.75 Å². The molecule has 0 heterocycles. The maximum absolute atomic E-state index is 10.8. The molecule has 3 nitrogen and oxygen atoms in total. The highest BCUT2D eigenvalue weighted by atomic mass is 79.9. The first-order chi connectivity index (χ1) is 8.54. The second kappa shape index (κ2) is 5.33. The molecule has 0 bridgehead atoms. The van der Waals surface area contributed by atoms with E-state index in [1.807, 2.05) is 12.1 Å². The normalized spacial score (nSPS) is 16.0. The third-order valence-corrected chi connectivity index (χ3v) is 4.98. The predicted molar refractivity (Wildman–Crippen MR) is 73.5 cm³/mol. The first kappa shape index (κ1) is 13.4. The minimum atomic E-state index is -0.733. The molecule has 1 aliphatic carbocycles. The zero-order valence-electron chi connectivity index (χ0n) is 9.65. The van der Waals surface area contributed by atoms with Gasteiger partial charge < -0.3 is 5.11 Å². The molecule has 1 aromatic rings. The van der Waals surface area contributed by atoms with Crippen molar-refractivity contribution < 1.29 is 9.90 Å². The molecular weight excluding hydrogens is 314 g/mol. The fraction of sp³-hybridized carbons (Fsp3) is 0.385. The SMILES string of the molecule is N#Cc1ccc(Br)cc1SCC1(CC(=O)O)CC1. The largest absolute Gasteiger partial charge is 0.481 e. The van der Waals surface area contributed by atoms with Crippen LogP contribution in [0.15, 0.2) is 27.6 Å². The van der Waals surface area contributed by atoms with Gasteiger partial charge in [0.1, 0.15) is 6.07 Å². The summed E-state index contributed by atoms with van der Waals surface area (Å²) in [6.45, 7) is 0. The average Bonchev–Trinajstić information content (AvgIpc) is 3.06. The molecule has 5 heteroatoms. The number of hydrogen-bond donors (Lipinski definition) is 1. The lowest BCUT2D eigenvalue weighted by molar-refractivity contribution is -0.138. The van der Waals surface area contributed by atoms with Crippen molar-refractivity contribution >= 4 is 33.7 Å². The van der Waals surface area contributed by atoms with Gasteiger partial charge in [-0.1, -0.05) is 15.9 Å². The summed E-state index contributed by atoms with van der Waals surface area (Å²) < 4.78 is 0.937. The zero-order chi connectivity index (χ0) is 13.2. The molecule has 0 unspecified atom stereocenters. The van der Waals surface area contributed by atoms with Crippen molar-refractivity contribution in [3.8, 4) is 6.07 Å². The molecule has 1 aliphatic rings. The van der Waals surface area contributed by atoms with Gasteiger partial charge >= 0.3 is 5.97 Å². The minimum absolute atomic E-state index is 0.0501. The van der Waals surface area contributed by atoms with Crippen LogP contribution < -0.4 is 0 Å². The molecule has 18 heavy (non-hydrogen) atoms. The predicted octanol–water partition coefficient (Wildman–Crippen LogP) is 3.67. The monoisotopic (exact) mass is 325 g/mol. The van der Waals surface area contributed by atoms with Crippen LogP contribution in [0, 0.1) is 16.7 Å². The summed E-state index contributed by atoms with van der Waals surface area (Å²) in [5.41, 5.74) is 0.597. The number of benzene rings is 1. The maximum atomic E-state index is 10.8. The van der Waals surface area contributed by atoms with Crippen molar-refractivity contribution in [1.29, 1.82) is 5.26 Å². The number of nitrogens with zero attached hydrogens (tertiary/aromatic N) is 1. The second-order valence-electron chi connectivity index (χ2n) is 4.61. The minimum Gasteiger partial charge on any atom is -0.481 e. The Kier molecular flexibility index (Phi) is 3.98. The lowest BCUT2D eigenvalue weighted by Crippen LogP contribution is -2.11. The fourth-order valence-electron chi connectivity index (χ4n) is 1.81. The van der Waals surface area contributed by atoms with Crippen LogP contribution in [0.3, 0.4) is 0 Å². The van der Waals surface area contributed by atoms with Crippen molar-refractivity contribution in [3.05, 3.63) is 28.2 Å². The first-order valence-electron chi connectivity index (χ1n) is 5.59. The zero-order valence-corrected chi connectivity index (χ0v) is 12.1. The lowest BCUT2D eigenvalue weighted by Gasteiger charge is -2.12. The van der Waals surface area contributed by atoms with E-state index in [0.29, 0.717) is 5.56 Å². The Morgan fingerprint density at radius 2 is 2.28 bits per heavy atom. The highest BCUT2D eigenvalue weighted by Crippen LogP contribution is 2.52.